The van der Waals surface area contributed by atoms with E-state index in [9.17, 15) is 18.5 Å². The van der Waals surface area contributed by atoms with Crippen molar-refractivity contribution in [3.05, 3.63) is 56.6 Å². The van der Waals surface area contributed by atoms with E-state index in [0.29, 0.717) is 23.9 Å². The summed E-state index contributed by atoms with van der Waals surface area (Å²) in [4.78, 5) is 11.8. The lowest BCUT2D eigenvalue weighted by molar-refractivity contribution is -0.384. The Morgan fingerprint density at radius 2 is 1.81 bits per heavy atom. The van der Waals surface area contributed by atoms with Crippen LogP contribution in [-0.4, -0.2) is 45.5 Å². The van der Waals surface area contributed by atoms with Crippen molar-refractivity contribution in [1.29, 1.82) is 0 Å². The zero-order chi connectivity index (χ0) is 20.2. The zero-order valence-electron chi connectivity index (χ0n) is 14.5. The Hall–Kier alpha value is -2.07. The number of nitro groups is 1. The summed E-state index contributed by atoms with van der Waals surface area (Å²) in [6.07, 6.45) is 0. The topological polar surface area (TPSA) is 102 Å². The van der Waals surface area contributed by atoms with E-state index >= 15 is 0 Å². The summed E-state index contributed by atoms with van der Waals surface area (Å²) < 4.78 is 33.0. The Labute approximate surface area is 166 Å². The molecule has 0 bridgehead atoms. The number of sulfonamides is 1. The zero-order valence-corrected chi connectivity index (χ0v) is 16.8. The molecule has 0 fully saturated rings. The second-order valence-corrected chi connectivity index (χ2v) is 8.27. The average molecular weight is 434 g/mol. The van der Waals surface area contributed by atoms with Gasteiger partial charge in [-0.2, -0.15) is 0 Å². The van der Waals surface area contributed by atoms with Crippen LogP contribution in [-0.2, 0) is 10.0 Å². The van der Waals surface area contributed by atoms with Gasteiger partial charge in [0.15, 0.2) is 0 Å². The monoisotopic (exact) mass is 433 g/mol. The number of hydrogen-bond donors (Lipinski definition) is 1. The van der Waals surface area contributed by atoms with E-state index in [1.165, 1.54) is 24.3 Å². The fourth-order valence-electron chi connectivity index (χ4n) is 2.03. The summed E-state index contributed by atoms with van der Waals surface area (Å²) in [6, 6.07) is 7.64. The van der Waals surface area contributed by atoms with E-state index in [2.05, 4.69) is 4.72 Å². The highest BCUT2D eigenvalue weighted by Crippen LogP contribution is 2.31. The summed E-state index contributed by atoms with van der Waals surface area (Å²) in [5.41, 5.74) is -0.291. The molecule has 0 aliphatic rings. The predicted molar refractivity (Wildman–Crippen MR) is 104 cm³/mol. The fraction of sp³-hybridized carbons (Fsp3) is 0.250. The molecule has 0 aromatic heterocycles. The van der Waals surface area contributed by atoms with E-state index < -0.39 is 20.6 Å². The first-order valence-corrected chi connectivity index (χ1v) is 9.88. The molecule has 2 rings (SSSR count). The third-order valence-electron chi connectivity index (χ3n) is 3.40. The van der Waals surface area contributed by atoms with Gasteiger partial charge in [-0.1, -0.05) is 23.2 Å². The maximum absolute atomic E-state index is 12.5. The van der Waals surface area contributed by atoms with Crippen LogP contribution in [0.5, 0.6) is 5.75 Å². The molecule has 0 unspecified atom stereocenters. The van der Waals surface area contributed by atoms with Crippen LogP contribution in [0.2, 0.25) is 10.0 Å². The van der Waals surface area contributed by atoms with Crippen LogP contribution in [0, 0.1) is 10.1 Å². The summed E-state index contributed by atoms with van der Waals surface area (Å²) in [7, 11) is -0.290. The number of nitro benzene ring substituents is 1. The predicted octanol–water partition coefficient (Wildman–Crippen LogP) is 3.64. The molecule has 0 saturated carbocycles. The first kappa shape index (κ1) is 21.2. The number of halogens is 2. The molecule has 0 aliphatic carbocycles. The van der Waals surface area contributed by atoms with Crippen molar-refractivity contribution in [2.75, 3.05) is 32.0 Å². The standard InChI is InChI=1S/C16H17Cl2N3O5S/c1-20(2)7-8-26-16-9-11(3-5-14(16)18)19-27(24,25)12-4-6-13(17)15(10-12)21(22)23/h3-6,9-10,19H,7-8H2,1-2H3. The number of hydrogen-bond acceptors (Lipinski definition) is 6. The molecule has 0 saturated heterocycles. The highest BCUT2D eigenvalue weighted by Gasteiger charge is 2.21. The molecule has 0 radical (unpaired) electrons. The molecular weight excluding hydrogens is 417 g/mol. The number of rotatable bonds is 8. The highest BCUT2D eigenvalue weighted by molar-refractivity contribution is 7.92. The Bertz CT molecular complexity index is 951. The van der Waals surface area contributed by atoms with Crippen molar-refractivity contribution < 1.29 is 18.1 Å². The van der Waals surface area contributed by atoms with Crippen molar-refractivity contribution in [3.8, 4) is 5.75 Å². The number of nitrogens with zero attached hydrogens (tertiary/aromatic N) is 2. The van der Waals surface area contributed by atoms with Crippen molar-refractivity contribution in [1.82, 2.24) is 4.90 Å². The molecule has 0 heterocycles. The van der Waals surface area contributed by atoms with E-state index in [4.69, 9.17) is 27.9 Å². The van der Waals surface area contributed by atoms with Gasteiger partial charge in [0.2, 0.25) is 0 Å². The molecular formula is C16H17Cl2N3O5S. The van der Waals surface area contributed by atoms with Gasteiger partial charge in [0.05, 0.1) is 20.5 Å². The molecule has 8 nitrogen and oxygen atoms in total. The van der Waals surface area contributed by atoms with Crippen LogP contribution in [0.3, 0.4) is 0 Å². The van der Waals surface area contributed by atoms with E-state index in [0.717, 1.165) is 12.1 Å². The van der Waals surface area contributed by atoms with E-state index in [1.807, 2.05) is 19.0 Å². The van der Waals surface area contributed by atoms with Crippen molar-refractivity contribution in [2.45, 2.75) is 4.90 Å². The van der Waals surface area contributed by atoms with Gasteiger partial charge in [0, 0.05) is 18.7 Å². The lowest BCUT2D eigenvalue weighted by Gasteiger charge is -2.14. The number of nitrogens with one attached hydrogen (secondary N) is 1. The maximum Gasteiger partial charge on any atom is 0.289 e. The van der Waals surface area contributed by atoms with Gasteiger partial charge in [0.1, 0.15) is 17.4 Å². The van der Waals surface area contributed by atoms with Gasteiger partial charge in [0.25, 0.3) is 15.7 Å². The van der Waals surface area contributed by atoms with Crippen LogP contribution in [0.1, 0.15) is 0 Å². The lowest BCUT2D eigenvalue weighted by Crippen LogP contribution is -2.19. The summed E-state index contributed by atoms with van der Waals surface area (Å²) in [5, 5.41) is 11.1. The fourth-order valence-corrected chi connectivity index (χ4v) is 3.46. The molecule has 0 atom stereocenters. The summed E-state index contributed by atoms with van der Waals surface area (Å²) in [6.45, 7) is 1.02. The third kappa shape index (κ3) is 5.70. The minimum absolute atomic E-state index is 0.151. The van der Waals surface area contributed by atoms with Crippen LogP contribution in [0.4, 0.5) is 11.4 Å². The highest BCUT2D eigenvalue weighted by atomic mass is 35.5. The lowest BCUT2D eigenvalue weighted by atomic mass is 10.3. The summed E-state index contributed by atoms with van der Waals surface area (Å²) >= 11 is 11.8. The Balaban J connectivity index is 2.25. The Morgan fingerprint density at radius 3 is 2.44 bits per heavy atom. The van der Waals surface area contributed by atoms with Crippen molar-refractivity contribution in [2.24, 2.45) is 0 Å². The Kier molecular flexibility index (Phi) is 6.88. The van der Waals surface area contributed by atoms with Crippen LogP contribution >= 0.6 is 23.2 Å². The molecule has 27 heavy (non-hydrogen) atoms. The SMILES string of the molecule is CN(C)CCOc1cc(NS(=O)(=O)c2ccc(Cl)c([N+](=O)[O-])c2)ccc1Cl. The van der Waals surface area contributed by atoms with Crippen LogP contribution < -0.4 is 9.46 Å². The third-order valence-corrected chi connectivity index (χ3v) is 5.41. The first-order chi connectivity index (χ1) is 12.6. The van der Waals surface area contributed by atoms with E-state index in [1.54, 1.807) is 0 Å². The molecule has 2 aromatic carbocycles. The summed E-state index contributed by atoms with van der Waals surface area (Å²) in [5.74, 6) is 0.320. The van der Waals surface area contributed by atoms with Gasteiger partial charge in [-0.25, -0.2) is 8.42 Å². The maximum atomic E-state index is 12.5. The Morgan fingerprint density at radius 1 is 1.15 bits per heavy atom. The molecule has 11 heteroatoms. The van der Waals surface area contributed by atoms with Gasteiger partial charge < -0.3 is 9.64 Å². The quantitative estimate of drug-likeness (QED) is 0.503. The molecule has 0 spiro atoms. The minimum Gasteiger partial charge on any atom is -0.491 e. The average Bonchev–Trinajstić information content (AvgIpc) is 2.57. The number of ether oxygens (including phenoxy) is 1. The molecule has 0 aliphatic heterocycles. The normalized spacial score (nSPS) is 11.4. The molecule has 2 aromatic rings. The minimum atomic E-state index is -4.07. The van der Waals surface area contributed by atoms with Crippen molar-refractivity contribution >= 4 is 44.6 Å². The van der Waals surface area contributed by atoms with Crippen molar-refractivity contribution in [3.63, 3.8) is 0 Å². The molecule has 146 valence electrons. The van der Waals surface area contributed by atoms with Crippen LogP contribution in [0.25, 0.3) is 0 Å². The van der Waals surface area contributed by atoms with Gasteiger partial charge in [-0.15, -0.1) is 0 Å². The number of likely N-dealkylation sites (N-methyl/N-ethyl adjacent to an activating group) is 1. The van der Waals surface area contributed by atoms with Gasteiger partial charge in [-0.05, 0) is 38.4 Å². The number of benzene rings is 2. The largest absolute Gasteiger partial charge is 0.491 e. The molecule has 0 amide bonds. The van der Waals surface area contributed by atoms with E-state index in [-0.39, 0.29) is 15.6 Å². The first-order valence-electron chi connectivity index (χ1n) is 7.64. The van der Waals surface area contributed by atoms with Gasteiger partial charge in [-0.3, -0.25) is 14.8 Å². The smallest absolute Gasteiger partial charge is 0.289 e. The van der Waals surface area contributed by atoms with Crippen LogP contribution in [0.15, 0.2) is 41.3 Å². The second-order valence-electron chi connectivity index (χ2n) is 5.77. The second kappa shape index (κ2) is 8.75. The van der Waals surface area contributed by atoms with Gasteiger partial charge >= 0.3 is 0 Å². The number of anilines is 1. The molecule has 1 N–H and O–H groups in total.